The fourth-order valence-electron chi connectivity index (χ4n) is 1.39. The number of aromatic nitrogens is 2. The zero-order valence-electron chi connectivity index (χ0n) is 9.93. The normalized spacial score (nSPS) is 10.2. The van der Waals surface area contributed by atoms with E-state index in [1.54, 1.807) is 7.11 Å². The third-order valence-corrected chi connectivity index (χ3v) is 3.10. The number of hydrogen-bond acceptors (Lipinski definition) is 5. The second-order valence-corrected chi connectivity index (χ2v) is 4.32. The maximum atomic E-state index is 5.11. The Labute approximate surface area is 105 Å². The van der Waals surface area contributed by atoms with Crippen LogP contribution in [0.4, 0.5) is 5.13 Å². The zero-order chi connectivity index (χ0) is 12.1. The Hall–Kier alpha value is -1.62. The summed E-state index contributed by atoms with van der Waals surface area (Å²) in [7, 11) is 1.67. The maximum absolute atomic E-state index is 5.11. The summed E-state index contributed by atoms with van der Waals surface area (Å²) in [6, 6.07) is 7.98. The standard InChI is InChI=1S/C12H15N3OS/c1-3-11-14-12(17-15-11)13-8-9-4-6-10(16-2)7-5-9/h4-7H,3,8H2,1-2H3,(H,13,14,15). The summed E-state index contributed by atoms with van der Waals surface area (Å²) in [5, 5.41) is 4.13. The van der Waals surface area contributed by atoms with Crippen LogP contribution in [0.2, 0.25) is 0 Å². The van der Waals surface area contributed by atoms with Gasteiger partial charge in [-0.3, -0.25) is 0 Å². The van der Waals surface area contributed by atoms with E-state index in [4.69, 9.17) is 4.74 Å². The fourth-order valence-corrected chi connectivity index (χ4v) is 2.04. The van der Waals surface area contributed by atoms with E-state index in [9.17, 15) is 0 Å². The van der Waals surface area contributed by atoms with Crippen LogP contribution < -0.4 is 10.1 Å². The first-order valence-corrected chi connectivity index (χ1v) is 6.28. The van der Waals surface area contributed by atoms with Crippen molar-refractivity contribution in [3.05, 3.63) is 35.7 Å². The number of nitrogens with one attached hydrogen (secondary N) is 1. The summed E-state index contributed by atoms with van der Waals surface area (Å²) in [5.74, 6) is 1.77. The van der Waals surface area contributed by atoms with Gasteiger partial charge in [-0.1, -0.05) is 19.1 Å². The second kappa shape index (κ2) is 5.63. The van der Waals surface area contributed by atoms with Gasteiger partial charge in [-0.2, -0.15) is 4.37 Å². The molecule has 2 rings (SSSR count). The van der Waals surface area contributed by atoms with Crippen molar-refractivity contribution in [2.24, 2.45) is 0 Å². The van der Waals surface area contributed by atoms with Crippen LogP contribution in [0.25, 0.3) is 0 Å². The molecule has 0 saturated carbocycles. The smallest absolute Gasteiger partial charge is 0.202 e. The van der Waals surface area contributed by atoms with E-state index in [1.165, 1.54) is 17.1 Å². The molecule has 0 spiro atoms. The molecule has 17 heavy (non-hydrogen) atoms. The minimum atomic E-state index is 0.752. The molecule has 4 nitrogen and oxygen atoms in total. The van der Waals surface area contributed by atoms with Gasteiger partial charge in [-0.25, -0.2) is 4.98 Å². The average molecular weight is 249 g/mol. The molecule has 1 heterocycles. The minimum absolute atomic E-state index is 0.752. The van der Waals surface area contributed by atoms with Crippen molar-refractivity contribution in [3.63, 3.8) is 0 Å². The van der Waals surface area contributed by atoms with Crippen molar-refractivity contribution in [3.8, 4) is 5.75 Å². The summed E-state index contributed by atoms with van der Waals surface area (Å²) < 4.78 is 9.33. The average Bonchev–Trinajstić information content (AvgIpc) is 2.85. The summed E-state index contributed by atoms with van der Waals surface area (Å²) in [5.41, 5.74) is 1.19. The zero-order valence-corrected chi connectivity index (χ0v) is 10.8. The van der Waals surface area contributed by atoms with Crippen LogP contribution in [0.15, 0.2) is 24.3 Å². The summed E-state index contributed by atoms with van der Waals surface area (Å²) >= 11 is 1.40. The molecule has 0 aliphatic heterocycles. The van der Waals surface area contributed by atoms with Crippen molar-refractivity contribution in [1.29, 1.82) is 0 Å². The third-order valence-electron chi connectivity index (χ3n) is 2.39. The molecule has 1 aromatic carbocycles. The Morgan fingerprint density at radius 1 is 1.29 bits per heavy atom. The van der Waals surface area contributed by atoms with Gasteiger partial charge >= 0.3 is 0 Å². The molecule has 90 valence electrons. The molecule has 0 atom stereocenters. The van der Waals surface area contributed by atoms with Crippen molar-refractivity contribution >= 4 is 16.7 Å². The van der Waals surface area contributed by atoms with E-state index < -0.39 is 0 Å². The van der Waals surface area contributed by atoms with Gasteiger partial charge in [0.15, 0.2) is 0 Å². The Morgan fingerprint density at radius 3 is 2.65 bits per heavy atom. The Morgan fingerprint density at radius 2 is 2.06 bits per heavy atom. The lowest BCUT2D eigenvalue weighted by molar-refractivity contribution is 0.414. The van der Waals surface area contributed by atoms with E-state index >= 15 is 0 Å². The second-order valence-electron chi connectivity index (χ2n) is 3.57. The van der Waals surface area contributed by atoms with Gasteiger partial charge in [0.05, 0.1) is 7.11 Å². The molecule has 0 saturated heterocycles. The van der Waals surface area contributed by atoms with E-state index in [0.717, 1.165) is 29.7 Å². The fraction of sp³-hybridized carbons (Fsp3) is 0.333. The van der Waals surface area contributed by atoms with Gasteiger partial charge in [0.2, 0.25) is 5.13 Å². The van der Waals surface area contributed by atoms with Crippen LogP contribution in [-0.2, 0) is 13.0 Å². The monoisotopic (exact) mass is 249 g/mol. The summed E-state index contributed by atoms with van der Waals surface area (Å²) in [6.07, 6.45) is 0.876. The number of benzene rings is 1. The van der Waals surface area contributed by atoms with Crippen LogP contribution in [0.3, 0.4) is 0 Å². The molecule has 1 aromatic heterocycles. The Bertz CT molecular complexity index is 467. The van der Waals surface area contributed by atoms with Crippen molar-refractivity contribution in [1.82, 2.24) is 9.36 Å². The van der Waals surface area contributed by atoms with Crippen LogP contribution in [-0.4, -0.2) is 16.5 Å². The minimum Gasteiger partial charge on any atom is -0.497 e. The number of methoxy groups -OCH3 is 1. The lowest BCUT2D eigenvalue weighted by Crippen LogP contribution is -1.99. The molecule has 1 N–H and O–H groups in total. The van der Waals surface area contributed by atoms with E-state index in [-0.39, 0.29) is 0 Å². The first-order valence-electron chi connectivity index (χ1n) is 5.51. The number of nitrogens with zero attached hydrogens (tertiary/aromatic N) is 2. The quantitative estimate of drug-likeness (QED) is 0.885. The number of aryl methyl sites for hydroxylation is 1. The van der Waals surface area contributed by atoms with Gasteiger partial charge in [0.25, 0.3) is 0 Å². The van der Waals surface area contributed by atoms with E-state index in [0.29, 0.717) is 0 Å². The molecule has 2 aromatic rings. The first kappa shape index (κ1) is 11.9. The molecular weight excluding hydrogens is 234 g/mol. The first-order chi connectivity index (χ1) is 8.31. The van der Waals surface area contributed by atoms with Gasteiger partial charge in [0, 0.05) is 24.5 Å². The lowest BCUT2D eigenvalue weighted by atomic mass is 10.2. The predicted octanol–water partition coefficient (Wildman–Crippen LogP) is 2.72. The van der Waals surface area contributed by atoms with Gasteiger partial charge in [-0.05, 0) is 17.7 Å². The van der Waals surface area contributed by atoms with Gasteiger partial charge < -0.3 is 10.1 Å². The molecule has 0 aliphatic rings. The summed E-state index contributed by atoms with van der Waals surface area (Å²) in [6.45, 7) is 2.80. The Kier molecular flexibility index (Phi) is 3.93. The van der Waals surface area contributed by atoms with Crippen LogP contribution in [0, 0.1) is 0 Å². The highest BCUT2D eigenvalue weighted by Gasteiger charge is 2.01. The molecule has 0 aliphatic carbocycles. The highest BCUT2D eigenvalue weighted by atomic mass is 32.1. The van der Waals surface area contributed by atoms with Crippen molar-refractivity contribution in [2.45, 2.75) is 19.9 Å². The summed E-state index contributed by atoms with van der Waals surface area (Å²) in [4.78, 5) is 4.35. The predicted molar refractivity (Wildman–Crippen MR) is 69.6 cm³/mol. The lowest BCUT2D eigenvalue weighted by Gasteiger charge is -2.03. The SMILES string of the molecule is CCc1nsc(NCc2ccc(OC)cc2)n1. The molecule has 5 heteroatoms. The molecule has 0 amide bonds. The maximum Gasteiger partial charge on any atom is 0.202 e. The molecule has 0 radical (unpaired) electrons. The van der Waals surface area contributed by atoms with E-state index in [1.807, 2.05) is 24.3 Å². The molecule has 0 unspecified atom stereocenters. The molecule has 0 fully saturated rings. The highest BCUT2D eigenvalue weighted by Crippen LogP contribution is 2.15. The van der Waals surface area contributed by atoms with Crippen LogP contribution in [0.5, 0.6) is 5.75 Å². The third kappa shape index (κ3) is 3.17. The van der Waals surface area contributed by atoms with Gasteiger partial charge in [-0.15, -0.1) is 0 Å². The number of anilines is 1. The van der Waals surface area contributed by atoms with Gasteiger partial charge in [0.1, 0.15) is 11.6 Å². The largest absolute Gasteiger partial charge is 0.497 e. The number of ether oxygens (including phenoxy) is 1. The van der Waals surface area contributed by atoms with Crippen LogP contribution >= 0.6 is 11.5 Å². The highest BCUT2D eigenvalue weighted by molar-refractivity contribution is 7.09. The molecular formula is C12H15N3OS. The number of hydrogen-bond donors (Lipinski definition) is 1. The molecule has 0 bridgehead atoms. The number of rotatable bonds is 5. The Balaban J connectivity index is 1.92. The van der Waals surface area contributed by atoms with Crippen LogP contribution in [0.1, 0.15) is 18.3 Å². The van der Waals surface area contributed by atoms with Crippen molar-refractivity contribution in [2.75, 3.05) is 12.4 Å². The topological polar surface area (TPSA) is 47.0 Å². The van der Waals surface area contributed by atoms with E-state index in [2.05, 4.69) is 21.6 Å². The van der Waals surface area contributed by atoms with Crippen molar-refractivity contribution < 1.29 is 4.74 Å².